The van der Waals surface area contributed by atoms with Crippen LogP contribution in [0.3, 0.4) is 0 Å². The molecule has 0 atom stereocenters. The molecule has 124 valence electrons. The third kappa shape index (κ3) is 4.60. The number of carbonyl (C=O) groups excluding carboxylic acids is 1. The van der Waals surface area contributed by atoms with E-state index in [1.807, 2.05) is 14.1 Å². The van der Waals surface area contributed by atoms with Crippen LogP contribution >= 0.6 is 0 Å². The highest BCUT2D eigenvalue weighted by Crippen LogP contribution is 2.18. The molecule has 0 heterocycles. The fourth-order valence-corrected chi connectivity index (χ4v) is 2.48. The van der Waals surface area contributed by atoms with E-state index in [2.05, 4.69) is 40.6 Å². The summed E-state index contributed by atoms with van der Waals surface area (Å²) in [4.78, 5) is 13.6. The van der Waals surface area contributed by atoms with Crippen molar-refractivity contribution in [2.45, 2.75) is 19.8 Å². The lowest BCUT2D eigenvalue weighted by atomic mass is 10.1. The van der Waals surface area contributed by atoms with Gasteiger partial charge in [0.05, 0.1) is 11.3 Å². The largest absolute Gasteiger partial charge is 0.384 e. The van der Waals surface area contributed by atoms with E-state index in [-0.39, 0.29) is 5.78 Å². The first-order valence-corrected chi connectivity index (χ1v) is 8.06. The van der Waals surface area contributed by atoms with Gasteiger partial charge in [-0.3, -0.25) is 4.79 Å². The summed E-state index contributed by atoms with van der Waals surface area (Å²) in [5, 5.41) is 12.5. The lowest BCUT2D eigenvalue weighted by Crippen LogP contribution is -2.08. The van der Waals surface area contributed by atoms with Gasteiger partial charge in [-0.2, -0.15) is 5.26 Å². The first-order valence-electron chi connectivity index (χ1n) is 8.06. The molecule has 0 bridgehead atoms. The Morgan fingerprint density at radius 3 is 2.46 bits per heavy atom. The maximum absolute atomic E-state index is 11.5. The van der Waals surface area contributed by atoms with Gasteiger partial charge in [-0.1, -0.05) is 12.1 Å². The number of ketones is 1. The highest BCUT2D eigenvalue weighted by atomic mass is 16.1. The van der Waals surface area contributed by atoms with Gasteiger partial charge in [0.25, 0.3) is 0 Å². The Morgan fingerprint density at radius 1 is 1.17 bits per heavy atom. The second kappa shape index (κ2) is 8.16. The van der Waals surface area contributed by atoms with E-state index in [1.165, 1.54) is 18.2 Å². The summed E-state index contributed by atoms with van der Waals surface area (Å²) in [5.74, 6) is 0.00326. The Labute approximate surface area is 143 Å². The van der Waals surface area contributed by atoms with Gasteiger partial charge in [0.2, 0.25) is 0 Å². The van der Waals surface area contributed by atoms with E-state index in [4.69, 9.17) is 0 Å². The van der Waals surface area contributed by atoms with Crippen LogP contribution in [0.5, 0.6) is 0 Å². The minimum Gasteiger partial charge on any atom is -0.384 e. The molecule has 0 aromatic heterocycles. The molecular weight excluding hydrogens is 298 g/mol. The SMILES string of the molecule is CC(=O)c1ccc(C#N)c(NCCCc2ccc(N(C)C)cc2)c1. The zero-order valence-corrected chi connectivity index (χ0v) is 14.5. The number of anilines is 2. The van der Waals surface area contributed by atoms with E-state index >= 15 is 0 Å². The molecule has 0 aliphatic rings. The smallest absolute Gasteiger partial charge is 0.159 e. The Morgan fingerprint density at radius 2 is 1.88 bits per heavy atom. The molecule has 0 amide bonds. The molecule has 1 N–H and O–H groups in total. The van der Waals surface area contributed by atoms with Crippen molar-refractivity contribution in [2.24, 2.45) is 0 Å². The monoisotopic (exact) mass is 321 g/mol. The quantitative estimate of drug-likeness (QED) is 0.621. The second-order valence-corrected chi connectivity index (χ2v) is 6.02. The molecule has 2 rings (SSSR count). The van der Waals surface area contributed by atoms with Gasteiger partial charge >= 0.3 is 0 Å². The van der Waals surface area contributed by atoms with Gasteiger partial charge in [-0.05, 0) is 55.7 Å². The van der Waals surface area contributed by atoms with E-state index in [1.54, 1.807) is 18.2 Å². The molecule has 2 aromatic carbocycles. The van der Waals surface area contributed by atoms with Crippen LogP contribution in [0.1, 0.15) is 34.8 Å². The lowest BCUT2D eigenvalue weighted by Gasteiger charge is -2.13. The summed E-state index contributed by atoms with van der Waals surface area (Å²) in [6.45, 7) is 2.29. The van der Waals surface area contributed by atoms with E-state index in [0.717, 1.165) is 25.1 Å². The van der Waals surface area contributed by atoms with Crippen molar-refractivity contribution in [3.8, 4) is 6.07 Å². The van der Waals surface area contributed by atoms with Gasteiger partial charge in [0.15, 0.2) is 5.78 Å². The molecule has 0 spiro atoms. The molecule has 0 aliphatic heterocycles. The molecule has 0 saturated carbocycles. The first kappa shape index (κ1) is 17.6. The number of hydrogen-bond donors (Lipinski definition) is 1. The molecule has 24 heavy (non-hydrogen) atoms. The van der Waals surface area contributed by atoms with Gasteiger partial charge in [0, 0.05) is 31.9 Å². The highest BCUT2D eigenvalue weighted by molar-refractivity contribution is 5.95. The Hall–Kier alpha value is -2.80. The summed E-state index contributed by atoms with van der Waals surface area (Å²) in [5.41, 5.74) is 4.40. The summed E-state index contributed by atoms with van der Waals surface area (Å²) in [6.07, 6.45) is 1.92. The van der Waals surface area contributed by atoms with Crippen LogP contribution in [0, 0.1) is 11.3 Å². The molecule has 0 radical (unpaired) electrons. The molecule has 0 aliphatic carbocycles. The predicted octanol–water partition coefficient (Wildman–Crippen LogP) is 3.87. The number of hydrogen-bond acceptors (Lipinski definition) is 4. The average Bonchev–Trinajstić information content (AvgIpc) is 2.58. The van der Waals surface area contributed by atoms with Crippen LogP contribution in [-0.2, 0) is 6.42 Å². The van der Waals surface area contributed by atoms with Crippen LogP contribution in [0.2, 0.25) is 0 Å². The fraction of sp³-hybridized carbons (Fsp3) is 0.300. The number of nitrogens with zero attached hydrogens (tertiary/aromatic N) is 2. The molecule has 0 unspecified atom stereocenters. The fourth-order valence-electron chi connectivity index (χ4n) is 2.48. The highest BCUT2D eigenvalue weighted by Gasteiger charge is 2.06. The third-order valence-electron chi connectivity index (χ3n) is 3.96. The standard InChI is InChI=1S/C20H23N3O/c1-15(24)17-8-9-18(14-21)20(13-17)22-12-4-5-16-6-10-19(11-7-16)23(2)3/h6-11,13,22H,4-5,12H2,1-3H3. The van der Waals surface area contributed by atoms with Gasteiger partial charge in [0.1, 0.15) is 6.07 Å². The van der Waals surface area contributed by atoms with Crippen molar-refractivity contribution in [3.63, 3.8) is 0 Å². The molecule has 0 saturated heterocycles. The van der Waals surface area contributed by atoms with E-state index in [0.29, 0.717) is 11.1 Å². The van der Waals surface area contributed by atoms with Crippen molar-refractivity contribution in [2.75, 3.05) is 30.9 Å². The number of nitrogens with one attached hydrogen (secondary N) is 1. The minimum absolute atomic E-state index is 0.00326. The minimum atomic E-state index is 0.00326. The molecule has 0 fully saturated rings. The Kier molecular flexibility index (Phi) is 5.97. The molecule has 2 aromatic rings. The van der Waals surface area contributed by atoms with Crippen molar-refractivity contribution >= 4 is 17.2 Å². The maximum Gasteiger partial charge on any atom is 0.159 e. The van der Waals surface area contributed by atoms with Crippen molar-refractivity contribution in [3.05, 3.63) is 59.2 Å². The average molecular weight is 321 g/mol. The molecule has 4 nitrogen and oxygen atoms in total. The van der Waals surface area contributed by atoms with Crippen LogP contribution in [0.25, 0.3) is 0 Å². The zero-order chi connectivity index (χ0) is 17.5. The van der Waals surface area contributed by atoms with Crippen LogP contribution in [0.15, 0.2) is 42.5 Å². The number of benzene rings is 2. The summed E-state index contributed by atoms with van der Waals surface area (Å²) in [7, 11) is 4.06. The Bertz CT molecular complexity index is 742. The number of Topliss-reactive ketones (excluding diaryl/α,β-unsaturated/α-hetero) is 1. The number of aryl methyl sites for hydroxylation is 1. The van der Waals surface area contributed by atoms with Crippen molar-refractivity contribution in [1.29, 1.82) is 5.26 Å². The summed E-state index contributed by atoms with van der Waals surface area (Å²) in [6, 6.07) is 15.8. The molecule has 4 heteroatoms. The maximum atomic E-state index is 11.5. The predicted molar refractivity (Wildman–Crippen MR) is 98.7 cm³/mol. The normalized spacial score (nSPS) is 10.1. The zero-order valence-electron chi connectivity index (χ0n) is 14.5. The van der Waals surface area contributed by atoms with Crippen LogP contribution < -0.4 is 10.2 Å². The topological polar surface area (TPSA) is 56.1 Å². The first-order chi connectivity index (χ1) is 11.5. The van der Waals surface area contributed by atoms with E-state index < -0.39 is 0 Å². The second-order valence-electron chi connectivity index (χ2n) is 6.02. The number of rotatable bonds is 7. The summed E-state index contributed by atoms with van der Waals surface area (Å²) >= 11 is 0. The molecular formula is C20H23N3O. The number of carbonyl (C=O) groups is 1. The van der Waals surface area contributed by atoms with Gasteiger partial charge in [-0.15, -0.1) is 0 Å². The third-order valence-corrected chi connectivity index (χ3v) is 3.96. The van der Waals surface area contributed by atoms with Gasteiger partial charge < -0.3 is 10.2 Å². The lowest BCUT2D eigenvalue weighted by molar-refractivity contribution is 0.101. The summed E-state index contributed by atoms with van der Waals surface area (Å²) < 4.78 is 0. The Balaban J connectivity index is 1.91. The number of nitriles is 1. The van der Waals surface area contributed by atoms with Crippen LogP contribution in [-0.4, -0.2) is 26.4 Å². The van der Waals surface area contributed by atoms with Gasteiger partial charge in [-0.25, -0.2) is 0 Å². The van der Waals surface area contributed by atoms with Crippen molar-refractivity contribution < 1.29 is 4.79 Å². The van der Waals surface area contributed by atoms with E-state index in [9.17, 15) is 10.1 Å². The van der Waals surface area contributed by atoms with Crippen LogP contribution in [0.4, 0.5) is 11.4 Å². The van der Waals surface area contributed by atoms with Crippen molar-refractivity contribution in [1.82, 2.24) is 0 Å².